The molecule has 6 nitrogen and oxygen atoms in total. The molecule has 1 aliphatic rings. The monoisotopic (exact) mass is 570 g/mol. The molecule has 1 amide bonds. The summed E-state index contributed by atoms with van der Waals surface area (Å²) >= 11 is 6.07. The Balaban J connectivity index is 0.00000363. The Labute approximate surface area is 212 Å². The van der Waals surface area contributed by atoms with E-state index in [1.807, 2.05) is 0 Å². The summed E-state index contributed by atoms with van der Waals surface area (Å²) < 4.78 is 6.10. The number of ether oxygens (including phenoxy) is 1. The van der Waals surface area contributed by atoms with Crippen LogP contribution >= 0.6 is 35.6 Å². The van der Waals surface area contributed by atoms with Gasteiger partial charge in [0.15, 0.2) is 5.96 Å². The van der Waals surface area contributed by atoms with E-state index in [1.54, 1.807) is 31.3 Å². The molecule has 0 bridgehead atoms. The van der Waals surface area contributed by atoms with Crippen molar-refractivity contribution in [2.75, 3.05) is 33.3 Å². The maximum atomic E-state index is 12.2. The molecule has 0 aromatic heterocycles. The molecule has 0 aliphatic carbocycles. The molecule has 1 aliphatic heterocycles. The molecule has 0 spiro atoms. The summed E-state index contributed by atoms with van der Waals surface area (Å²) in [4.78, 5) is 16.5. The fourth-order valence-electron chi connectivity index (χ4n) is 3.72. The van der Waals surface area contributed by atoms with E-state index >= 15 is 0 Å². The van der Waals surface area contributed by atoms with Crippen molar-refractivity contribution >= 4 is 47.4 Å². The number of aryl methyl sites for hydroxylation is 1. The van der Waals surface area contributed by atoms with Gasteiger partial charge >= 0.3 is 0 Å². The van der Waals surface area contributed by atoms with E-state index < -0.39 is 0 Å². The first kappa shape index (κ1) is 26.4. The van der Waals surface area contributed by atoms with Crippen molar-refractivity contribution in [1.29, 1.82) is 0 Å². The van der Waals surface area contributed by atoms with Gasteiger partial charge in [-0.15, -0.1) is 24.0 Å². The number of carbonyl (C=O) groups excluding carboxylic acids is 1. The van der Waals surface area contributed by atoms with Gasteiger partial charge in [0, 0.05) is 39.2 Å². The SMILES string of the molecule is CN=C(NCCNC(=O)c1ccccc1Cl)NCC1CCCOC1c1ccc(C)cc1.I. The van der Waals surface area contributed by atoms with Gasteiger partial charge in [0.2, 0.25) is 0 Å². The van der Waals surface area contributed by atoms with Gasteiger partial charge in [0.05, 0.1) is 16.7 Å². The molecule has 32 heavy (non-hydrogen) atoms. The van der Waals surface area contributed by atoms with E-state index in [-0.39, 0.29) is 36.0 Å². The minimum absolute atomic E-state index is 0. The molecule has 2 atom stereocenters. The molecule has 3 rings (SSSR count). The third-order valence-corrected chi connectivity index (χ3v) is 5.76. The molecule has 2 aromatic carbocycles. The Kier molecular flexibility index (Phi) is 11.3. The average molecular weight is 571 g/mol. The Hall–Kier alpha value is -1.84. The Bertz CT molecular complexity index is 892. The predicted molar refractivity (Wildman–Crippen MR) is 141 cm³/mol. The lowest BCUT2D eigenvalue weighted by Gasteiger charge is -2.32. The molecule has 8 heteroatoms. The molecular weight excluding hydrogens is 539 g/mol. The largest absolute Gasteiger partial charge is 0.373 e. The van der Waals surface area contributed by atoms with Crippen LogP contribution in [0.2, 0.25) is 5.02 Å². The van der Waals surface area contributed by atoms with Gasteiger partial charge in [-0.2, -0.15) is 0 Å². The number of nitrogens with zero attached hydrogens (tertiary/aromatic N) is 1. The van der Waals surface area contributed by atoms with Crippen LogP contribution in [-0.4, -0.2) is 45.2 Å². The zero-order chi connectivity index (χ0) is 22.1. The Morgan fingerprint density at radius 3 is 2.53 bits per heavy atom. The van der Waals surface area contributed by atoms with E-state index in [2.05, 4.69) is 52.1 Å². The number of aliphatic imine (C=N–C) groups is 1. The van der Waals surface area contributed by atoms with Crippen molar-refractivity contribution in [1.82, 2.24) is 16.0 Å². The van der Waals surface area contributed by atoms with E-state index in [1.165, 1.54) is 11.1 Å². The molecule has 1 heterocycles. The lowest BCUT2D eigenvalue weighted by Crippen LogP contribution is -2.44. The van der Waals surface area contributed by atoms with Crippen LogP contribution in [0.3, 0.4) is 0 Å². The van der Waals surface area contributed by atoms with Crippen molar-refractivity contribution < 1.29 is 9.53 Å². The number of guanidine groups is 1. The quantitative estimate of drug-likeness (QED) is 0.201. The number of amides is 1. The zero-order valence-corrected chi connectivity index (χ0v) is 21.7. The first-order valence-corrected chi connectivity index (χ1v) is 11.1. The van der Waals surface area contributed by atoms with E-state index in [0.29, 0.717) is 35.6 Å². The maximum Gasteiger partial charge on any atom is 0.252 e. The summed E-state index contributed by atoms with van der Waals surface area (Å²) in [6.45, 7) is 4.68. The average Bonchev–Trinajstić information content (AvgIpc) is 2.79. The van der Waals surface area contributed by atoms with Gasteiger partial charge < -0.3 is 20.7 Å². The number of halogens is 2. The van der Waals surface area contributed by atoms with Gasteiger partial charge in [-0.05, 0) is 37.5 Å². The second-order valence-electron chi connectivity index (χ2n) is 7.72. The summed E-state index contributed by atoms with van der Waals surface area (Å²) in [5, 5.41) is 9.96. The second-order valence-corrected chi connectivity index (χ2v) is 8.13. The third kappa shape index (κ3) is 7.64. The van der Waals surface area contributed by atoms with Crippen molar-refractivity contribution in [3.63, 3.8) is 0 Å². The van der Waals surface area contributed by atoms with Gasteiger partial charge in [0.1, 0.15) is 0 Å². The summed E-state index contributed by atoms with van der Waals surface area (Å²) in [5.74, 6) is 0.894. The molecule has 0 radical (unpaired) electrons. The summed E-state index contributed by atoms with van der Waals surface area (Å²) in [6.07, 6.45) is 2.26. The van der Waals surface area contributed by atoms with Crippen LogP contribution in [0.4, 0.5) is 0 Å². The summed E-state index contributed by atoms with van der Waals surface area (Å²) in [5.41, 5.74) is 2.95. The van der Waals surface area contributed by atoms with Gasteiger partial charge in [-0.25, -0.2) is 0 Å². The molecule has 2 unspecified atom stereocenters. The zero-order valence-electron chi connectivity index (χ0n) is 18.6. The first-order valence-electron chi connectivity index (χ1n) is 10.7. The van der Waals surface area contributed by atoms with Crippen LogP contribution in [0.5, 0.6) is 0 Å². The van der Waals surface area contributed by atoms with Crippen LogP contribution in [0, 0.1) is 12.8 Å². The van der Waals surface area contributed by atoms with Crippen molar-refractivity contribution in [2.24, 2.45) is 10.9 Å². The summed E-state index contributed by atoms with van der Waals surface area (Å²) in [7, 11) is 1.74. The fraction of sp³-hybridized carbons (Fsp3) is 0.417. The lowest BCUT2D eigenvalue weighted by atomic mass is 9.89. The highest BCUT2D eigenvalue weighted by molar-refractivity contribution is 14.0. The summed E-state index contributed by atoms with van der Waals surface area (Å²) in [6, 6.07) is 15.6. The molecule has 3 N–H and O–H groups in total. The first-order chi connectivity index (χ1) is 15.1. The lowest BCUT2D eigenvalue weighted by molar-refractivity contribution is -0.0265. The van der Waals surface area contributed by atoms with Crippen molar-refractivity contribution in [2.45, 2.75) is 25.9 Å². The number of hydrogen-bond acceptors (Lipinski definition) is 3. The number of hydrogen-bond donors (Lipinski definition) is 3. The van der Waals surface area contributed by atoms with Crippen LogP contribution < -0.4 is 16.0 Å². The number of benzene rings is 2. The van der Waals surface area contributed by atoms with Crippen LogP contribution in [0.1, 0.15) is 40.4 Å². The third-order valence-electron chi connectivity index (χ3n) is 5.43. The molecule has 2 aromatic rings. The van der Waals surface area contributed by atoms with Gasteiger partial charge in [0.25, 0.3) is 5.91 Å². The van der Waals surface area contributed by atoms with Crippen LogP contribution in [0.25, 0.3) is 0 Å². The number of rotatable bonds is 7. The molecule has 1 fully saturated rings. The highest BCUT2D eigenvalue weighted by atomic mass is 127. The van der Waals surface area contributed by atoms with Crippen molar-refractivity contribution in [3.8, 4) is 0 Å². The minimum Gasteiger partial charge on any atom is -0.373 e. The highest BCUT2D eigenvalue weighted by Crippen LogP contribution is 2.33. The van der Waals surface area contributed by atoms with Gasteiger partial charge in [-0.3, -0.25) is 9.79 Å². The Morgan fingerprint density at radius 2 is 1.81 bits per heavy atom. The highest BCUT2D eigenvalue weighted by Gasteiger charge is 2.27. The molecule has 174 valence electrons. The number of carbonyl (C=O) groups is 1. The fourth-order valence-corrected chi connectivity index (χ4v) is 3.94. The Morgan fingerprint density at radius 1 is 1.09 bits per heavy atom. The van der Waals surface area contributed by atoms with E-state index in [0.717, 1.165) is 26.0 Å². The second kappa shape index (κ2) is 13.6. The normalized spacial score (nSPS) is 18.4. The van der Waals surface area contributed by atoms with Crippen LogP contribution in [-0.2, 0) is 4.74 Å². The predicted octanol–water partition coefficient (Wildman–Crippen LogP) is 4.33. The molecular formula is C24H32ClIN4O2. The number of nitrogens with one attached hydrogen (secondary N) is 3. The van der Waals surface area contributed by atoms with Crippen molar-refractivity contribution in [3.05, 3.63) is 70.2 Å². The van der Waals surface area contributed by atoms with E-state index in [9.17, 15) is 4.79 Å². The van der Waals surface area contributed by atoms with Crippen LogP contribution in [0.15, 0.2) is 53.5 Å². The standard InChI is InChI=1S/C24H31ClN4O2.HI/c1-17-9-11-18(12-10-17)22-19(6-5-15-31-22)16-29-24(26-2)28-14-13-27-23(30)20-7-3-4-8-21(20)25;/h3-4,7-12,19,22H,5-6,13-16H2,1-2H3,(H,27,30)(H2,26,28,29);1H. The maximum absolute atomic E-state index is 12.2. The smallest absolute Gasteiger partial charge is 0.252 e. The minimum atomic E-state index is -0.185. The van der Waals surface area contributed by atoms with Gasteiger partial charge in [-0.1, -0.05) is 53.6 Å². The van der Waals surface area contributed by atoms with E-state index in [4.69, 9.17) is 16.3 Å². The molecule has 0 saturated carbocycles. The molecule has 1 saturated heterocycles. The topological polar surface area (TPSA) is 74.8 Å².